The lowest BCUT2D eigenvalue weighted by atomic mass is 10.1. The van der Waals surface area contributed by atoms with Gasteiger partial charge in [-0.05, 0) is 32.9 Å². The van der Waals surface area contributed by atoms with E-state index in [-0.39, 0.29) is 24.0 Å². The summed E-state index contributed by atoms with van der Waals surface area (Å²) in [4.78, 5) is 7.00. The lowest BCUT2D eigenvalue weighted by molar-refractivity contribution is 0.231. The summed E-state index contributed by atoms with van der Waals surface area (Å²) in [5, 5.41) is 10.7. The number of likely N-dealkylation sites (N-methyl/N-ethyl adjacent to an activating group) is 1. The first kappa shape index (κ1) is 23.2. The molecule has 1 unspecified atom stereocenters. The van der Waals surface area contributed by atoms with E-state index in [0.29, 0.717) is 18.5 Å². The Labute approximate surface area is 163 Å². The summed E-state index contributed by atoms with van der Waals surface area (Å²) >= 11 is 0. The van der Waals surface area contributed by atoms with E-state index in [1.54, 1.807) is 0 Å². The van der Waals surface area contributed by atoms with Gasteiger partial charge in [0.2, 0.25) is 0 Å². The molecule has 0 saturated heterocycles. The van der Waals surface area contributed by atoms with E-state index in [4.69, 9.17) is 4.52 Å². The summed E-state index contributed by atoms with van der Waals surface area (Å²) < 4.78 is 5.33. The molecule has 0 radical (unpaired) electrons. The third-order valence-corrected chi connectivity index (χ3v) is 3.91. The average Bonchev–Trinajstić information content (AvgIpc) is 3.00. The maximum Gasteiger partial charge on any atom is 0.191 e. The van der Waals surface area contributed by atoms with Crippen LogP contribution in [0.25, 0.3) is 0 Å². The van der Waals surface area contributed by atoms with Gasteiger partial charge in [0, 0.05) is 25.2 Å². The van der Waals surface area contributed by atoms with Gasteiger partial charge >= 0.3 is 0 Å². The normalized spacial score (nSPS) is 13.1. The van der Waals surface area contributed by atoms with Crippen molar-refractivity contribution in [1.29, 1.82) is 0 Å². The fraction of sp³-hybridized carbons (Fsp3) is 0.765. The Hall–Kier alpha value is -0.830. The van der Waals surface area contributed by atoms with E-state index in [1.807, 2.05) is 6.07 Å². The molecule has 6 nitrogen and oxygen atoms in total. The van der Waals surface area contributed by atoms with Gasteiger partial charge in [-0.25, -0.2) is 4.99 Å². The van der Waals surface area contributed by atoms with E-state index in [1.165, 1.54) is 0 Å². The zero-order chi connectivity index (χ0) is 17.2. The lowest BCUT2D eigenvalue weighted by Gasteiger charge is -2.27. The van der Waals surface area contributed by atoms with Gasteiger partial charge in [0.05, 0.1) is 5.69 Å². The Balaban J connectivity index is 0.00000529. The standard InChI is InChI=1S/C17H33N5O.HI/c1-7-18-17(19-11-14(6)22(8-2)9-3)20-12-15-10-16(13(4)5)21-23-15;/h10,13-14H,7-9,11-12H2,1-6H3,(H2,18,19,20);1H. The van der Waals surface area contributed by atoms with Crippen LogP contribution in [0.1, 0.15) is 58.9 Å². The molecule has 2 N–H and O–H groups in total. The van der Waals surface area contributed by atoms with Crippen molar-refractivity contribution in [3.8, 4) is 0 Å². The van der Waals surface area contributed by atoms with Crippen molar-refractivity contribution in [2.24, 2.45) is 4.99 Å². The van der Waals surface area contributed by atoms with Gasteiger partial charge < -0.3 is 15.2 Å². The number of nitrogens with zero attached hydrogens (tertiary/aromatic N) is 3. The van der Waals surface area contributed by atoms with E-state index >= 15 is 0 Å². The molecule has 0 spiro atoms. The molecular weight excluding hydrogens is 417 g/mol. The van der Waals surface area contributed by atoms with Crippen molar-refractivity contribution in [1.82, 2.24) is 20.7 Å². The van der Waals surface area contributed by atoms with Crippen LogP contribution in [-0.2, 0) is 6.54 Å². The molecule has 0 amide bonds. The third-order valence-electron chi connectivity index (χ3n) is 3.91. The smallest absolute Gasteiger partial charge is 0.191 e. The minimum atomic E-state index is 0. The fourth-order valence-corrected chi connectivity index (χ4v) is 2.39. The first-order valence-electron chi connectivity index (χ1n) is 8.73. The Morgan fingerprint density at radius 3 is 2.38 bits per heavy atom. The molecule has 0 bridgehead atoms. The van der Waals surface area contributed by atoms with E-state index in [2.05, 4.69) is 67.2 Å². The van der Waals surface area contributed by atoms with Gasteiger partial charge in [-0.3, -0.25) is 4.90 Å². The Morgan fingerprint density at radius 1 is 1.21 bits per heavy atom. The van der Waals surface area contributed by atoms with Gasteiger partial charge in [-0.15, -0.1) is 24.0 Å². The van der Waals surface area contributed by atoms with Crippen LogP contribution < -0.4 is 10.6 Å². The molecule has 24 heavy (non-hydrogen) atoms. The molecule has 0 aliphatic rings. The first-order valence-corrected chi connectivity index (χ1v) is 8.73. The number of hydrogen-bond donors (Lipinski definition) is 2. The molecule has 0 fully saturated rings. The number of hydrogen-bond acceptors (Lipinski definition) is 4. The largest absolute Gasteiger partial charge is 0.359 e. The van der Waals surface area contributed by atoms with Crippen LogP contribution in [-0.4, -0.2) is 48.2 Å². The Bertz CT molecular complexity index is 471. The summed E-state index contributed by atoms with van der Waals surface area (Å²) in [5.41, 5.74) is 0.975. The van der Waals surface area contributed by atoms with Crippen LogP contribution in [0.2, 0.25) is 0 Å². The van der Waals surface area contributed by atoms with Crippen molar-refractivity contribution in [2.45, 2.75) is 60.0 Å². The molecule has 1 aromatic rings. The quantitative estimate of drug-likeness (QED) is 0.343. The van der Waals surface area contributed by atoms with Crippen molar-refractivity contribution in [3.63, 3.8) is 0 Å². The molecular formula is C17H34IN5O. The third kappa shape index (κ3) is 7.83. The number of aliphatic imine (C=N–C) groups is 1. The van der Waals surface area contributed by atoms with Crippen LogP contribution in [0.4, 0.5) is 0 Å². The van der Waals surface area contributed by atoms with E-state index < -0.39 is 0 Å². The van der Waals surface area contributed by atoms with E-state index in [9.17, 15) is 0 Å². The van der Waals surface area contributed by atoms with Crippen LogP contribution in [0, 0.1) is 0 Å². The highest BCUT2D eigenvalue weighted by atomic mass is 127. The Kier molecular flexibility index (Phi) is 12.1. The summed E-state index contributed by atoms with van der Waals surface area (Å²) in [6.07, 6.45) is 0. The number of guanidine groups is 1. The molecule has 0 aliphatic heterocycles. The lowest BCUT2D eigenvalue weighted by Crippen LogP contribution is -2.45. The topological polar surface area (TPSA) is 65.7 Å². The monoisotopic (exact) mass is 451 g/mol. The van der Waals surface area contributed by atoms with Gasteiger partial charge in [-0.1, -0.05) is 32.9 Å². The van der Waals surface area contributed by atoms with Crippen molar-refractivity contribution >= 4 is 29.9 Å². The zero-order valence-corrected chi connectivity index (χ0v) is 18.3. The maximum absolute atomic E-state index is 5.33. The highest BCUT2D eigenvalue weighted by Crippen LogP contribution is 2.14. The van der Waals surface area contributed by atoms with Crippen LogP contribution >= 0.6 is 24.0 Å². The van der Waals surface area contributed by atoms with Gasteiger partial charge in [-0.2, -0.15) is 0 Å². The van der Waals surface area contributed by atoms with Crippen molar-refractivity contribution in [2.75, 3.05) is 26.2 Å². The predicted octanol–water partition coefficient (Wildman–Crippen LogP) is 3.20. The molecule has 1 atom stereocenters. The number of rotatable bonds is 9. The van der Waals surface area contributed by atoms with Crippen LogP contribution in [0.15, 0.2) is 15.6 Å². The first-order chi connectivity index (χ1) is 11.0. The molecule has 0 aromatic carbocycles. The predicted molar refractivity (Wildman–Crippen MR) is 111 cm³/mol. The van der Waals surface area contributed by atoms with Crippen LogP contribution in [0.3, 0.4) is 0 Å². The molecule has 1 aromatic heterocycles. The Morgan fingerprint density at radius 2 is 1.88 bits per heavy atom. The molecule has 1 heterocycles. The van der Waals surface area contributed by atoms with Gasteiger partial charge in [0.1, 0.15) is 6.54 Å². The fourth-order valence-electron chi connectivity index (χ4n) is 2.39. The summed E-state index contributed by atoms with van der Waals surface area (Å²) in [6, 6.07) is 2.45. The second-order valence-corrected chi connectivity index (χ2v) is 6.02. The second kappa shape index (κ2) is 12.5. The molecule has 7 heteroatoms. The number of aromatic nitrogens is 1. The summed E-state index contributed by atoms with van der Waals surface area (Å²) in [6.45, 7) is 17.2. The molecule has 0 saturated carbocycles. The highest BCUT2D eigenvalue weighted by Gasteiger charge is 2.11. The van der Waals surface area contributed by atoms with Crippen LogP contribution in [0.5, 0.6) is 0 Å². The SMILES string of the molecule is CCNC(=NCc1cc(C(C)C)no1)NCC(C)N(CC)CC.I. The number of nitrogens with one attached hydrogen (secondary N) is 2. The second-order valence-electron chi connectivity index (χ2n) is 6.02. The van der Waals surface area contributed by atoms with E-state index in [0.717, 1.165) is 43.6 Å². The molecule has 140 valence electrons. The van der Waals surface area contributed by atoms with Crippen molar-refractivity contribution < 1.29 is 4.52 Å². The zero-order valence-electron chi connectivity index (χ0n) is 15.9. The highest BCUT2D eigenvalue weighted by molar-refractivity contribution is 14.0. The van der Waals surface area contributed by atoms with Gasteiger partial charge in [0.15, 0.2) is 11.7 Å². The van der Waals surface area contributed by atoms with Gasteiger partial charge in [0.25, 0.3) is 0 Å². The summed E-state index contributed by atoms with van der Waals surface area (Å²) in [7, 11) is 0. The minimum Gasteiger partial charge on any atom is -0.359 e. The number of halogens is 1. The van der Waals surface area contributed by atoms with Crippen molar-refractivity contribution in [3.05, 3.63) is 17.5 Å². The molecule has 1 rings (SSSR count). The maximum atomic E-state index is 5.33. The molecule has 0 aliphatic carbocycles. The minimum absolute atomic E-state index is 0. The summed E-state index contributed by atoms with van der Waals surface area (Å²) in [5.74, 6) is 1.98. The average molecular weight is 451 g/mol.